The Hall–Kier alpha value is -1.58. The summed E-state index contributed by atoms with van der Waals surface area (Å²) < 4.78 is 5.18. The first-order valence-electron chi connectivity index (χ1n) is 5.55. The molecule has 1 N–H and O–H groups in total. The van der Waals surface area contributed by atoms with E-state index in [1.165, 1.54) is 12.8 Å². The highest BCUT2D eigenvalue weighted by Crippen LogP contribution is 2.39. The van der Waals surface area contributed by atoms with Crippen molar-refractivity contribution in [1.82, 2.24) is 4.98 Å². The van der Waals surface area contributed by atoms with E-state index in [0.29, 0.717) is 11.7 Å². The third kappa shape index (κ3) is 2.51. The fourth-order valence-electron chi connectivity index (χ4n) is 1.64. The minimum Gasteiger partial charge on any atom is -0.480 e. The highest BCUT2D eigenvalue weighted by molar-refractivity contribution is 5.68. The van der Waals surface area contributed by atoms with E-state index in [1.807, 2.05) is 19.1 Å². The van der Waals surface area contributed by atoms with Gasteiger partial charge < -0.3 is 9.84 Å². The van der Waals surface area contributed by atoms with E-state index in [1.54, 1.807) is 0 Å². The third-order valence-electron chi connectivity index (χ3n) is 2.64. The summed E-state index contributed by atoms with van der Waals surface area (Å²) in [6, 6.07) is 3.77. The fourth-order valence-corrected chi connectivity index (χ4v) is 1.64. The van der Waals surface area contributed by atoms with Gasteiger partial charge >= 0.3 is 5.97 Å². The second kappa shape index (κ2) is 4.51. The molecule has 0 bridgehead atoms. The molecule has 0 atom stereocenters. The van der Waals surface area contributed by atoms with E-state index in [2.05, 4.69) is 4.98 Å². The van der Waals surface area contributed by atoms with Crippen molar-refractivity contribution in [2.75, 3.05) is 6.61 Å². The molecule has 0 saturated heterocycles. The summed E-state index contributed by atoms with van der Waals surface area (Å²) >= 11 is 0. The van der Waals surface area contributed by atoms with E-state index in [0.717, 1.165) is 17.8 Å². The SMILES string of the molecule is CCc1nc(C2CC2)ccc1OCC(=O)O. The minimum absolute atomic E-state index is 0.308. The Balaban J connectivity index is 2.13. The first-order chi connectivity index (χ1) is 7.70. The van der Waals surface area contributed by atoms with E-state index in [9.17, 15) is 4.79 Å². The second-order valence-corrected chi connectivity index (χ2v) is 3.99. The van der Waals surface area contributed by atoms with Crippen molar-refractivity contribution < 1.29 is 14.6 Å². The van der Waals surface area contributed by atoms with Crippen LogP contribution >= 0.6 is 0 Å². The summed E-state index contributed by atoms with van der Waals surface area (Å²) in [4.78, 5) is 14.9. The molecule has 1 aromatic heterocycles. The summed E-state index contributed by atoms with van der Waals surface area (Å²) in [5.74, 6) is 0.237. The van der Waals surface area contributed by atoms with Crippen molar-refractivity contribution in [2.24, 2.45) is 0 Å². The lowest BCUT2D eigenvalue weighted by molar-refractivity contribution is -0.139. The highest BCUT2D eigenvalue weighted by Gasteiger charge is 2.25. The zero-order chi connectivity index (χ0) is 11.5. The summed E-state index contributed by atoms with van der Waals surface area (Å²) in [5, 5.41) is 8.55. The number of carboxylic acid groups (broad SMARTS) is 1. The van der Waals surface area contributed by atoms with Crippen LogP contribution in [0.3, 0.4) is 0 Å². The average Bonchev–Trinajstić information content (AvgIpc) is 3.09. The lowest BCUT2D eigenvalue weighted by Crippen LogP contribution is -2.11. The van der Waals surface area contributed by atoms with Crippen LogP contribution in [-0.2, 0) is 11.2 Å². The van der Waals surface area contributed by atoms with Gasteiger partial charge in [0.25, 0.3) is 0 Å². The molecule has 0 unspecified atom stereocenters. The number of nitrogens with zero attached hydrogens (tertiary/aromatic N) is 1. The number of carbonyl (C=O) groups is 1. The van der Waals surface area contributed by atoms with Crippen LogP contribution in [0.2, 0.25) is 0 Å². The molecule has 1 aromatic rings. The van der Waals surface area contributed by atoms with Gasteiger partial charge in [-0.15, -0.1) is 0 Å². The minimum atomic E-state index is -0.965. The molecule has 2 rings (SSSR count). The van der Waals surface area contributed by atoms with Gasteiger partial charge in [0.2, 0.25) is 0 Å². The van der Waals surface area contributed by atoms with Gasteiger partial charge in [0.15, 0.2) is 6.61 Å². The molecule has 1 aliphatic rings. The Morgan fingerprint density at radius 1 is 1.56 bits per heavy atom. The standard InChI is InChI=1S/C12H15NO3/c1-2-9-11(16-7-12(14)15)6-5-10(13-9)8-3-4-8/h5-6,8H,2-4,7H2,1H3,(H,14,15). The molecule has 0 aliphatic heterocycles. The number of aryl methyl sites for hydroxylation is 1. The van der Waals surface area contributed by atoms with Crippen molar-refractivity contribution in [3.63, 3.8) is 0 Å². The van der Waals surface area contributed by atoms with Gasteiger partial charge in [-0.25, -0.2) is 4.79 Å². The lowest BCUT2D eigenvalue weighted by Gasteiger charge is -2.09. The van der Waals surface area contributed by atoms with Gasteiger partial charge in [0, 0.05) is 11.6 Å². The van der Waals surface area contributed by atoms with Gasteiger partial charge in [0.1, 0.15) is 5.75 Å². The van der Waals surface area contributed by atoms with Crippen molar-refractivity contribution in [1.29, 1.82) is 0 Å². The maximum atomic E-state index is 10.4. The van der Waals surface area contributed by atoms with E-state index in [4.69, 9.17) is 9.84 Å². The predicted octanol–water partition coefficient (Wildman–Crippen LogP) is 1.98. The number of ether oxygens (including phenoxy) is 1. The van der Waals surface area contributed by atoms with Gasteiger partial charge in [0.05, 0.1) is 5.69 Å². The molecule has 0 spiro atoms. The zero-order valence-electron chi connectivity index (χ0n) is 9.27. The monoisotopic (exact) mass is 221 g/mol. The smallest absolute Gasteiger partial charge is 0.341 e. The normalized spacial score (nSPS) is 14.8. The van der Waals surface area contributed by atoms with Crippen LogP contribution in [0.15, 0.2) is 12.1 Å². The molecule has 4 heteroatoms. The van der Waals surface area contributed by atoms with Crippen molar-refractivity contribution in [3.05, 3.63) is 23.5 Å². The van der Waals surface area contributed by atoms with Crippen molar-refractivity contribution >= 4 is 5.97 Å². The highest BCUT2D eigenvalue weighted by atomic mass is 16.5. The van der Waals surface area contributed by atoms with E-state index in [-0.39, 0.29) is 6.61 Å². The molecule has 0 radical (unpaired) electrons. The summed E-state index contributed by atoms with van der Waals surface area (Å²) in [6.07, 6.45) is 3.19. The topological polar surface area (TPSA) is 59.4 Å². The number of hydrogen-bond acceptors (Lipinski definition) is 3. The molecule has 1 saturated carbocycles. The average molecular weight is 221 g/mol. The van der Waals surface area contributed by atoms with Crippen LogP contribution in [0.5, 0.6) is 5.75 Å². The maximum Gasteiger partial charge on any atom is 0.341 e. The number of rotatable bonds is 5. The van der Waals surface area contributed by atoms with Crippen LogP contribution in [0, 0.1) is 0 Å². The van der Waals surface area contributed by atoms with Crippen LogP contribution < -0.4 is 4.74 Å². The Morgan fingerprint density at radius 2 is 2.31 bits per heavy atom. The van der Waals surface area contributed by atoms with Gasteiger partial charge in [-0.05, 0) is 31.4 Å². The van der Waals surface area contributed by atoms with Crippen LogP contribution in [0.4, 0.5) is 0 Å². The Morgan fingerprint density at radius 3 is 2.88 bits per heavy atom. The molecule has 4 nitrogen and oxygen atoms in total. The van der Waals surface area contributed by atoms with Crippen LogP contribution in [0.25, 0.3) is 0 Å². The zero-order valence-corrected chi connectivity index (χ0v) is 9.27. The number of aliphatic carboxylic acids is 1. The van der Waals surface area contributed by atoms with E-state index < -0.39 is 5.97 Å². The number of hydrogen-bond donors (Lipinski definition) is 1. The predicted molar refractivity (Wildman–Crippen MR) is 58.7 cm³/mol. The summed E-state index contributed by atoms with van der Waals surface area (Å²) in [6.45, 7) is 1.68. The third-order valence-corrected chi connectivity index (χ3v) is 2.64. The summed E-state index contributed by atoms with van der Waals surface area (Å²) in [7, 11) is 0. The first-order valence-corrected chi connectivity index (χ1v) is 5.55. The van der Waals surface area contributed by atoms with Gasteiger partial charge in [-0.2, -0.15) is 0 Å². The van der Waals surface area contributed by atoms with E-state index >= 15 is 0 Å². The lowest BCUT2D eigenvalue weighted by atomic mass is 10.2. The Bertz CT molecular complexity index is 399. The summed E-state index contributed by atoms with van der Waals surface area (Å²) in [5.41, 5.74) is 1.96. The molecule has 86 valence electrons. The molecule has 1 fully saturated rings. The largest absolute Gasteiger partial charge is 0.480 e. The molecule has 16 heavy (non-hydrogen) atoms. The quantitative estimate of drug-likeness (QED) is 0.826. The van der Waals surface area contributed by atoms with Gasteiger partial charge in [-0.1, -0.05) is 6.92 Å². The molecule has 1 aliphatic carbocycles. The number of aromatic nitrogens is 1. The van der Waals surface area contributed by atoms with Gasteiger partial charge in [-0.3, -0.25) is 4.98 Å². The first kappa shape index (κ1) is 10.9. The Kier molecular flexibility index (Phi) is 3.08. The Labute approximate surface area is 94.3 Å². The second-order valence-electron chi connectivity index (χ2n) is 3.99. The fraction of sp³-hybridized carbons (Fsp3) is 0.500. The number of pyridine rings is 1. The van der Waals surface area contributed by atoms with Crippen molar-refractivity contribution in [2.45, 2.75) is 32.1 Å². The van der Waals surface area contributed by atoms with Crippen molar-refractivity contribution in [3.8, 4) is 5.75 Å². The molecule has 1 heterocycles. The molecule has 0 amide bonds. The maximum absolute atomic E-state index is 10.4. The molecular weight excluding hydrogens is 206 g/mol. The van der Waals surface area contributed by atoms with Crippen LogP contribution in [0.1, 0.15) is 37.1 Å². The molecular formula is C12H15NO3. The number of carboxylic acids is 1. The molecule has 0 aromatic carbocycles. The van der Waals surface area contributed by atoms with Crippen LogP contribution in [-0.4, -0.2) is 22.7 Å².